The number of anilines is 2. The molecule has 2 amide bonds. The Morgan fingerprint density at radius 2 is 1.96 bits per heavy atom. The molecule has 0 radical (unpaired) electrons. The van der Waals surface area contributed by atoms with Crippen molar-refractivity contribution >= 4 is 23.2 Å². The van der Waals surface area contributed by atoms with Crippen molar-refractivity contribution in [3.8, 4) is 6.07 Å². The summed E-state index contributed by atoms with van der Waals surface area (Å²) in [5.74, 6) is -0.352. The summed E-state index contributed by atoms with van der Waals surface area (Å²) in [6, 6.07) is 7.69. The minimum atomic E-state index is -0.231. The minimum Gasteiger partial charge on any atom is -0.381 e. The molecule has 122 valence electrons. The summed E-state index contributed by atoms with van der Waals surface area (Å²) in [6.07, 6.45) is 3.38. The van der Waals surface area contributed by atoms with Gasteiger partial charge in [-0.05, 0) is 37.5 Å². The second kappa shape index (κ2) is 8.18. The maximum atomic E-state index is 12.0. The predicted molar refractivity (Wildman–Crippen MR) is 89.0 cm³/mol. The average molecular weight is 314 g/mol. The fraction of sp³-hybridized carbons (Fsp3) is 0.471. The lowest BCUT2D eigenvalue weighted by atomic mass is 10.1. The van der Waals surface area contributed by atoms with Crippen LogP contribution in [0.25, 0.3) is 0 Å². The van der Waals surface area contributed by atoms with E-state index in [0.29, 0.717) is 23.8 Å². The van der Waals surface area contributed by atoms with Crippen LogP contribution >= 0.6 is 0 Å². The highest BCUT2D eigenvalue weighted by molar-refractivity contribution is 5.96. The minimum absolute atomic E-state index is 0.120. The van der Waals surface area contributed by atoms with Crippen LogP contribution in [-0.2, 0) is 9.59 Å². The number of nitriles is 1. The zero-order chi connectivity index (χ0) is 16.7. The van der Waals surface area contributed by atoms with Crippen LogP contribution in [-0.4, -0.2) is 24.4 Å². The van der Waals surface area contributed by atoms with E-state index in [-0.39, 0.29) is 24.7 Å². The molecule has 23 heavy (non-hydrogen) atoms. The summed E-state index contributed by atoms with van der Waals surface area (Å²) in [6.45, 7) is 2.60. The first-order valence-electron chi connectivity index (χ1n) is 7.99. The highest BCUT2D eigenvalue weighted by Crippen LogP contribution is 2.30. The SMILES string of the molecule is CCCNC(=O)CCC(=O)Nc1cc(C#N)ccc1NC1CC1. The quantitative estimate of drug-likeness (QED) is 0.686. The largest absolute Gasteiger partial charge is 0.381 e. The summed E-state index contributed by atoms with van der Waals surface area (Å²) >= 11 is 0. The standard InChI is InChI=1S/C17H22N4O2/c1-2-9-19-16(22)7-8-17(23)21-15-10-12(11-18)3-6-14(15)20-13-4-5-13/h3,6,10,13,20H,2,4-5,7-9H2,1H3,(H,19,22)(H,21,23). The van der Waals surface area contributed by atoms with Crippen molar-refractivity contribution in [3.63, 3.8) is 0 Å². The lowest BCUT2D eigenvalue weighted by Crippen LogP contribution is -2.25. The highest BCUT2D eigenvalue weighted by atomic mass is 16.2. The van der Waals surface area contributed by atoms with E-state index >= 15 is 0 Å². The molecule has 0 atom stereocenters. The molecular weight excluding hydrogens is 292 g/mol. The Morgan fingerprint density at radius 1 is 1.22 bits per heavy atom. The van der Waals surface area contributed by atoms with Gasteiger partial charge in [0, 0.05) is 25.4 Å². The van der Waals surface area contributed by atoms with E-state index in [9.17, 15) is 9.59 Å². The Bertz CT molecular complexity index is 618. The van der Waals surface area contributed by atoms with Crippen LogP contribution in [0.4, 0.5) is 11.4 Å². The molecule has 1 aliphatic rings. The summed E-state index contributed by atoms with van der Waals surface area (Å²) in [5.41, 5.74) is 1.90. The molecule has 0 aromatic heterocycles. The van der Waals surface area contributed by atoms with Gasteiger partial charge in [-0.3, -0.25) is 9.59 Å². The topological polar surface area (TPSA) is 94.0 Å². The monoisotopic (exact) mass is 314 g/mol. The van der Waals surface area contributed by atoms with E-state index in [1.54, 1.807) is 18.2 Å². The molecule has 3 N–H and O–H groups in total. The van der Waals surface area contributed by atoms with Crippen molar-refractivity contribution in [3.05, 3.63) is 23.8 Å². The van der Waals surface area contributed by atoms with Gasteiger partial charge in [-0.1, -0.05) is 6.92 Å². The van der Waals surface area contributed by atoms with Gasteiger partial charge < -0.3 is 16.0 Å². The Morgan fingerprint density at radius 3 is 2.61 bits per heavy atom. The third-order valence-electron chi connectivity index (χ3n) is 3.51. The molecule has 1 fully saturated rings. The number of nitrogens with one attached hydrogen (secondary N) is 3. The van der Waals surface area contributed by atoms with Crippen LogP contribution < -0.4 is 16.0 Å². The third-order valence-corrected chi connectivity index (χ3v) is 3.51. The molecule has 0 bridgehead atoms. The van der Waals surface area contributed by atoms with Crippen LogP contribution in [0.15, 0.2) is 18.2 Å². The van der Waals surface area contributed by atoms with Crippen molar-refractivity contribution < 1.29 is 9.59 Å². The molecular formula is C17H22N4O2. The highest BCUT2D eigenvalue weighted by Gasteiger charge is 2.22. The zero-order valence-corrected chi connectivity index (χ0v) is 13.3. The smallest absolute Gasteiger partial charge is 0.224 e. The first-order chi connectivity index (χ1) is 11.1. The summed E-state index contributed by atoms with van der Waals surface area (Å²) in [4.78, 5) is 23.6. The third kappa shape index (κ3) is 5.62. The number of amides is 2. The lowest BCUT2D eigenvalue weighted by molar-refractivity contribution is -0.124. The molecule has 0 unspecified atom stereocenters. The second-order valence-electron chi connectivity index (χ2n) is 5.69. The molecule has 0 heterocycles. The second-order valence-corrected chi connectivity index (χ2v) is 5.69. The molecule has 0 saturated heterocycles. The van der Waals surface area contributed by atoms with Crippen molar-refractivity contribution in [2.75, 3.05) is 17.2 Å². The predicted octanol–water partition coefficient (Wildman–Crippen LogP) is 2.38. The van der Waals surface area contributed by atoms with Gasteiger partial charge in [0.05, 0.1) is 23.0 Å². The van der Waals surface area contributed by atoms with Gasteiger partial charge in [0.15, 0.2) is 0 Å². The first-order valence-corrected chi connectivity index (χ1v) is 7.99. The maximum absolute atomic E-state index is 12.0. The average Bonchev–Trinajstić information content (AvgIpc) is 3.36. The number of hydrogen-bond acceptors (Lipinski definition) is 4. The van der Waals surface area contributed by atoms with Gasteiger partial charge in [-0.2, -0.15) is 5.26 Å². The van der Waals surface area contributed by atoms with Crippen molar-refractivity contribution in [1.82, 2.24) is 5.32 Å². The summed E-state index contributed by atoms with van der Waals surface area (Å²) in [7, 11) is 0. The number of carbonyl (C=O) groups is 2. The van der Waals surface area contributed by atoms with Gasteiger partial charge in [0.25, 0.3) is 0 Å². The van der Waals surface area contributed by atoms with Crippen molar-refractivity contribution in [1.29, 1.82) is 5.26 Å². The number of rotatable bonds is 8. The number of nitrogens with zero attached hydrogens (tertiary/aromatic N) is 1. The van der Waals surface area contributed by atoms with E-state index in [4.69, 9.17) is 5.26 Å². The van der Waals surface area contributed by atoms with Crippen LogP contribution in [0, 0.1) is 11.3 Å². The van der Waals surface area contributed by atoms with Crippen molar-refractivity contribution in [2.45, 2.75) is 45.1 Å². The van der Waals surface area contributed by atoms with Gasteiger partial charge >= 0.3 is 0 Å². The van der Waals surface area contributed by atoms with E-state index in [0.717, 1.165) is 24.9 Å². The van der Waals surface area contributed by atoms with Gasteiger partial charge in [0.1, 0.15) is 0 Å². The number of hydrogen-bond donors (Lipinski definition) is 3. The molecule has 0 spiro atoms. The molecule has 6 nitrogen and oxygen atoms in total. The molecule has 2 rings (SSSR count). The van der Waals surface area contributed by atoms with Crippen LogP contribution in [0.3, 0.4) is 0 Å². The van der Waals surface area contributed by atoms with E-state index in [2.05, 4.69) is 22.0 Å². The molecule has 1 aromatic carbocycles. The van der Waals surface area contributed by atoms with E-state index in [1.165, 1.54) is 0 Å². The summed E-state index contributed by atoms with van der Waals surface area (Å²) < 4.78 is 0. The summed E-state index contributed by atoms with van der Waals surface area (Å²) in [5, 5.41) is 17.9. The van der Waals surface area contributed by atoms with Crippen LogP contribution in [0.2, 0.25) is 0 Å². The molecule has 6 heteroatoms. The number of benzene rings is 1. The van der Waals surface area contributed by atoms with Gasteiger partial charge in [-0.25, -0.2) is 0 Å². The molecule has 1 aromatic rings. The Hall–Kier alpha value is -2.55. The fourth-order valence-corrected chi connectivity index (χ4v) is 2.08. The lowest BCUT2D eigenvalue weighted by Gasteiger charge is -2.13. The Balaban J connectivity index is 1.93. The van der Waals surface area contributed by atoms with Gasteiger partial charge in [-0.15, -0.1) is 0 Å². The Labute approximate surface area is 136 Å². The normalized spacial score (nSPS) is 13.0. The first kappa shape index (κ1) is 16.8. The van der Waals surface area contributed by atoms with E-state index < -0.39 is 0 Å². The Kier molecular flexibility index (Phi) is 5.98. The fourth-order valence-electron chi connectivity index (χ4n) is 2.08. The van der Waals surface area contributed by atoms with E-state index in [1.807, 2.05) is 6.92 Å². The van der Waals surface area contributed by atoms with Crippen LogP contribution in [0.5, 0.6) is 0 Å². The van der Waals surface area contributed by atoms with Crippen molar-refractivity contribution in [2.24, 2.45) is 0 Å². The molecule has 1 saturated carbocycles. The number of carbonyl (C=O) groups excluding carboxylic acids is 2. The maximum Gasteiger partial charge on any atom is 0.224 e. The molecule has 0 aliphatic heterocycles. The molecule has 1 aliphatic carbocycles. The zero-order valence-electron chi connectivity index (χ0n) is 13.3. The van der Waals surface area contributed by atoms with Gasteiger partial charge in [0.2, 0.25) is 11.8 Å². The van der Waals surface area contributed by atoms with Crippen LogP contribution in [0.1, 0.15) is 44.6 Å².